The van der Waals surface area contributed by atoms with Gasteiger partial charge in [-0.3, -0.25) is 0 Å². The molecule has 0 bridgehead atoms. The molecular formula is C13H17N3. The van der Waals surface area contributed by atoms with Crippen LogP contribution in [0, 0.1) is 25.2 Å². The molecule has 0 amide bonds. The number of rotatable bonds is 4. The van der Waals surface area contributed by atoms with Crippen LogP contribution in [-0.2, 0) is 0 Å². The van der Waals surface area contributed by atoms with Crippen LogP contribution in [-0.4, -0.2) is 11.0 Å². The molecule has 1 aromatic rings. The highest BCUT2D eigenvalue weighted by Gasteiger charge is 2.10. The van der Waals surface area contributed by atoms with Crippen LogP contribution in [0.1, 0.15) is 30.2 Å². The molecular weight excluding hydrogens is 198 g/mol. The van der Waals surface area contributed by atoms with Crippen molar-refractivity contribution < 1.29 is 0 Å². The predicted octanol–water partition coefficient (Wildman–Crippen LogP) is 2.95. The SMILES string of the molecule is C=CCC(C)Nc1nc(C)cc(C)c1C#N. The van der Waals surface area contributed by atoms with E-state index in [1.165, 1.54) is 0 Å². The standard InChI is InChI=1S/C13H17N3/c1-5-6-10(3)15-13-12(8-14)9(2)7-11(4)16-13/h5,7,10H,1,6H2,2-4H3,(H,15,16). The van der Waals surface area contributed by atoms with Crippen molar-refractivity contribution in [2.45, 2.75) is 33.2 Å². The van der Waals surface area contributed by atoms with Crippen LogP contribution in [0.25, 0.3) is 0 Å². The van der Waals surface area contributed by atoms with Crippen LogP contribution in [0.4, 0.5) is 5.82 Å². The number of nitrogens with zero attached hydrogens (tertiary/aromatic N) is 2. The number of hydrogen-bond acceptors (Lipinski definition) is 3. The zero-order valence-electron chi connectivity index (χ0n) is 10.0. The minimum absolute atomic E-state index is 0.235. The Bertz CT molecular complexity index is 430. The van der Waals surface area contributed by atoms with Crippen molar-refractivity contribution in [1.29, 1.82) is 5.26 Å². The summed E-state index contributed by atoms with van der Waals surface area (Å²) in [6.07, 6.45) is 2.70. The second-order valence-corrected chi connectivity index (χ2v) is 3.99. The summed E-state index contributed by atoms with van der Waals surface area (Å²) in [4.78, 5) is 4.36. The Morgan fingerprint density at radius 3 is 2.88 bits per heavy atom. The fraction of sp³-hybridized carbons (Fsp3) is 0.385. The fourth-order valence-electron chi connectivity index (χ4n) is 1.62. The van der Waals surface area contributed by atoms with Gasteiger partial charge in [0.25, 0.3) is 0 Å². The molecule has 84 valence electrons. The first-order valence-corrected chi connectivity index (χ1v) is 5.34. The molecule has 1 unspecified atom stereocenters. The van der Waals surface area contributed by atoms with Crippen molar-refractivity contribution in [3.8, 4) is 6.07 Å². The van der Waals surface area contributed by atoms with Crippen LogP contribution in [0.2, 0.25) is 0 Å². The summed E-state index contributed by atoms with van der Waals surface area (Å²) in [6, 6.07) is 4.34. The summed E-state index contributed by atoms with van der Waals surface area (Å²) in [5.41, 5.74) is 2.51. The topological polar surface area (TPSA) is 48.7 Å². The summed E-state index contributed by atoms with van der Waals surface area (Å²) < 4.78 is 0. The molecule has 1 atom stereocenters. The maximum atomic E-state index is 9.08. The molecule has 0 saturated carbocycles. The van der Waals surface area contributed by atoms with E-state index in [1.54, 1.807) is 0 Å². The van der Waals surface area contributed by atoms with Crippen molar-refractivity contribution in [2.75, 3.05) is 5.32 Å². The largest absolute Gasteiger partial charge is 0.366 e. The van der Waals surface area contributed by atoms with Gasteiger partial charge < -0.3 is 5.32 Å². The van der Waals surface area contributed by atoms with Crippen LogP contribution in [0.3, 0.4) is 0 Å². The molecule has 0 spiro atoms. The summed E-state index contributed by atoms with van der Waals surface area (Å²) in [5.74, 6) is 0.675. The van der Waals surface area contributed by atoms with Gasteiger partial charge in [-0.1, -0.05) is 6.08 Å². The summed E-state index contributed by atoms with van der Waals surface area (Å²) in [5, 5.41) is 12.3. The first-order valence-electron chi connectivity index (χ1n) is 5.34. The number of anilines is 1. The molecule has 16 heavy (non-hydrogen) atoms. The van der Waals surface area contributed by atoms with E-state index in [0.717, 1.165) is 17.7 Å². The third-order valence-corrected chi connectivity index (χ3v) is 2.36. The van der Waals surface area contributed by atoms with E-state index in [2.05, 4.69) is 22.9 Å². The van der Waals surface area contributed by atoms with Gasteiger partial charge in [-0.15, -0.1) is 6.58 Å². The minimum Gasteiger partial charge on any atom is -0.366 e. The van der Waals surface area contributed by atoms with Gasteiger partial charge in [0.15, 0.2) is 0 Å². The summed E-state index contributed by atoms with van der Waals surface area (Å²) >= 11 is 0. The van der Waals surface area contributed by atoms with Crippen LogP contribution >= 0.6 is 0 Å². The van der Waals surface area contributed by atoms with Gasteiger partial charge >= 0.3 is 0 Å². The smallest absolute Gasteiger partial charge is 0.144 e. The third kappa shape index (κ3) is 2.83. The number of nitrogens with one attached hydrogen (secondary N) is 1. The van der Waals surface area contributed by atoms with E-state index >= 15 is 0 Å². The second kappa shape index (κ2) is 5.32. The number of aryl methyl sites for hydroxylation is 2. The molecule has 0 saturated heterocycles. The molecule has 1 rings (SSSR count). The Labute approximate surface area is 96.8 Å². The van der Waals surface area contributed by atoms with Crippen molar-refractivity contribution in [1.82, 2.24) is 4.98 Å². The molecule has 0 aliphatic carbocycles. The molecule has 1 heterocycles. The molecule has 0 aliphatic heterocycles. The monoisotopic (exact) mass is 215 g/mol. The van der Waals surface area contributed by atoms with Crippen molar-refractivity contribution in [3.63, 3.8) is 0 Å². The van der Waals surface area contributed by atoms with E-state index in [4.69, 9.17) is 5.26 Å². The molecule has 0 radical (unpaired) electrons. The molecule has 1 N–H and O–H groups in total. The number of aromatic nitrogens is 1. The van der Waals surface area contributed by atoms with E-state index in [-0.39, 0.29) is 6.04 Å². The highest BCUT2D eigenvalue weighted by molar-refractivity contribution is 5.56. The Hall–Kier alpha value is -1.82. The molecule has 3 nitrogen and oxygen atoms in total. The van der Waals surface area contributed by atoms with Gasteiger partial charge in [0.05, 0.1) is 5.56 Å². The van der Waals surface area contributed by atoms with Crippen molar-refractivity contribution in [2.24, 2.45) is 0 Å². The van der Waals surface area contributed by atoms with Crippen molar-refractivity contribution in [3.05, 3.63) is 35.5 Å². The van der Waals surface area contributed by atoms with Gasteiger partial charge in [0.1, 0.15) is 11.9 Å². The number of hydrogen-bond donors (Lipinski definition) is 1. The first-order chi connectivity index (χ1) is 7.58. The highest BCUT2D eigenvalue weighted by Crippen LogP contribution is 2.18. The quantitative estimate of drug-likeness (QED) is 0.785. The van der Waals surface area contributed by atoms with E-state index in [0.29, 0.717) is 11.4 Å². The Balaban J connectivity index is 3.03. The molecule has 3 heteroatoms. The van der Waals surface area contributed by atoms with E-state index in [1.807, 2.05) is 32.9 Å². The molecule has 1 aromatic heterocycles. The fourth-order valence-corrected chi connectivity index (χ4v) is 1.62. The molecule has 0 aliphatic rings. The normalized spacial score (nSPS) is 11.6. The highest BCUT2D eigenvalue weighted by atomic mass is 15.0. The zero-order chi connectivity index (χ0) is 12.1. The average Bonchev–Trinajstić information content (AvgIpc) is 2.17. The molecule has 0 aromatic carbocycles. The Morgan fingerprint density at radius 2 is 2.31 bits per heavy atom. The zero-order valence-corrected chi connectivity index (χ0v) is 10.0. The maximum absolute atomic E-state index is 9.08. The maximum Gasteiger partial charge on any atom is 0.144 e. The lowest BCUT2D eigenvalue weighted by atomic mass is 10.1. The Kier molecular flexibility index (Phi) is 4.07. The summed E-state index contributed by atoms with van der Waals surface area (Å²) in [7, 11) is 0. The first kappa shape index (κ1) is 12.3. The van der Waals surface area contributed by atoms with Gasteiger partial charge in [-0.25, -0.2) is 4.98 Å². The summed E-state index contributed by atoms with van der Waals surface area (Å²) in [6.45, 7) is 9.59. The lowest BCUT2D eigenvalue weighted by molar-refractivity contribution is 0.805. The van der Waals surface area contributed by atoms with Gasteiger partial charge in [-0.05, 0) is 38.8 Å². The van der Waals surface area contributed by atoms with Crippen molar-refractivity contribution >= 4 is 5.82 Å². The molecule has 0 fully saturated rings. The Morgan fingerprint density at radius 1 is 1.62 bits per heavy atom. The number of nitriles is 1. The van der Waals surface area contributed by atoms with E-state index in [9.17, 15) is 0 Å². The second-order valence-electron chi connectivity index (χ2n) is 3.99. The lowest BCUT2D eigenvalue weighted by Gasteiger charge is -2.15. The van der Waals surface area contributed by atoms with Gasteiger partial charge in [-0.2, -0.15) is 5.26 Å². The van der Waals surface area contributed by atoms with E-state index < -0.39 is 0 Å². The van der Waals surface area contributed by atoms with Crippen LogP contribution in [0.15, 0.2) is 18.7 Å². The van der Waals surface area contributed by atoms with Crippen LogP contribution in [0.5, 0.6) is 0 Å². The van der Waals surface area contributed by atoms with Crippen LogP contribution < -0.4 is 5.32 Å². The lowest BCUT2D eigenvalue weighted by Crippen LogP contribution is -2.16. The minimum atomic E-state index is 0.235. The predicted molar refractivity (Wildman–Crippen MR) is 66.3 cm³/mol. The van der Waals surface area contributed by atoms with Gasteiger partial charge in [0, 0.05) is 11.7 Å². The van der Waals surface area contributed by atoms with Gasteiger partial charge in [0.2, 0.25) is 0 Å². The average molecular weight is 215 g/mol. The third-order valence-electron chi connectivity index (χ3n) is 2.36. The number of pyridine rings is 1.